The van der Waals surface area contributed by atoms with Gasteiger partial charge in [-0.1, -0.05) is 0 Å². The van der Waals surface area contributed by atoms with Gasteiger partial charge in [0.2, 0.25) is 0 Å². The number of rotatable bonds is 3. The molecule has 0 radical (unpaired) electrons. The smallest absolute Gasteiger partial charge is 0.155 e. The van der Waals surface area contributed by atoms with Crippen molar-refractivity contribution in [2.24, 2.45) is 5.92 Å². The lowest BCUT2D eigenvalue weighted by atomic mass is 9.92. The first-order valence-electron chi connectivity index (χ1n) is 5.62. The third-order valence-corrected chi connectivity index (χ3v) is 3.46. The van der Waals surface area contributed by atoms with Crippen molar-refractivity contribution < 1.29 is 4.79 Å². The molecular weight excluding hydrogens is 176 g/mol. The van der Waals surface area contributed by atoms with Gasteiger partial charge in [0.05, 0.1) is 5.54 Å². The lowest BCUT2D eigenvalue weighted by Gasteiger charge is -2.40. The van der Waals surface area contributed by atoms with Crippen LogP contribution in [-0.4, -0.2) is 42.4 Å². The average molecular weight is 196 g/mol. The topological polar surface area (TPSA) is 32.3 Å². The van der Waals surface area contributed by atoms with Gasteiger partial charge in [0.1, 0.15) is 0 Å². The summed E-state index contributed by atoms with van der Waals surface area (Å²) in [6, 6.07) is 0. The van der Waals surface area contributed by atoms with Crippen LogP contribution in [0.1, 0.15) is 26.7 Å². The Hall–Kier alpha value is -0.410. The van der Waals surface area contributed by atoms with E-state index in [1.54, 1.807) is 0 Å². The SMILES string of the molecule is CC(C)(C(=O)C1CC1)N1CCNCC1. The monoisotopic (exact) mass is 196 g/mol. The number of nitrogens with zero attached hydrogens (tertiary/aromatic N) is 1. The molecule has 0 amide bonds. The summed E-state index contributed by atoms with van der Waals surface area (Å²) in [5, 5.41) is 3.32. The maximum atomic E-state index is 12.1. The van der Waals surface area contributed by atoms with Crippen molar-refractivity contribution in [2.45, 2.75) is 32.2 Å². The number of carbonyl (C=O) groups excluding carboxylic acids is 1. The highest BCUT2D eigenvalue weighted by Crippen LogP contribution is 2.35. The van der Waals surface area contributed by atoms with Crippen LogP contribution in [0.4, 0.5) is 0 Å². The van der Waals surface area contributed by atoms with E-state index in [1.165, 1.54) is 0 Å². The second-order valence-electron chi connectivity index (χ2n) is 4.93. The second-order valence-corrected chi connectivity index (χ2v) is 4.93. The lowest BCUT2D eigenvalue weighted by molar-refractivity contribution is -0.131. The van der Waals surface area contributed by atoms with Gasteiger partial charge in [-0.2, -0.15) is 0 Å². The summed E-state index contributed by atoms with van der Waals surface area (Å²) in [5.74, 6) is 0.833. The van der Waals surface area contributed by atoms with Gasteiger partial charge < -0.3 is 5.32 Å². The molecule has 1 saturated carbocycles. The molecule has 3 nitrogen and oxygen atoms in total. The van der Waals surface area contributed by atoms with Crippen LogP contribution in [0, 0.1) is 5.92 Å². The molecule has 14 heavy (non-hydrogen) atoms. The molecule has 1 N–H and O–H groups in total. The molecule has 0 unspecified atom stereocenters. The molecule has 1 saturated heterocycles. The normalized spacial score (nSPS) is 25.0. The first kappa shape index (κ1) is 10.1. The third kappa shape index (κ3) is 1.84. The van der Waals surface area contributed by atoms with Crippen LogP contribution >= 0.6 is 0 Å². The van der Waals surface area contributed by atoms with Gasteiger partial charge in [0.25, 0.3) is 0 Å². The molecule has 0 aromatic carbocycles. The van der Waals surface area contributed by atoms with Crippen LogP contribution in [0.25, 0.3) is 0 Å². The number of ketones is 1. The van der Waals surface area contributed by atoms with Crippen LogP contribution in [0.5, 0.6) is 0 Å². The van der Waals surface area contributed by atoms with Gasteiger partial charge in [-0.3, -0.25) is 9.69 Å². The summed E-state index contributed by atoms with van der Waals surface area (Å²) >= 11 is 0. The molecule has 80 valence electrons. The van der Waals surface area contributed by atoms with E-state index < -0.39 is 0 Å². The van der Waals surface area contributed by atoms with Crippen LogP contribution in [-0.2, 0) is 4.79 Å². The Morgan fingerprint density at radius 2 is 1.86 bits per heavy atom. The molecule has 0 bridgehead atoms. The Morgan fingerprint density at radius 1 is 1.29 bits per heavy atom. The van der Waals surface area contributed by atoms with Gasteiger partial charge in [-0.15, -0.1) is 0 Å². The zero-order valence-electron chi connectivity index (χ0n) is 9.18. The van der Waals surface area contributed by atoms with Gasteiger partial charge in [0.15, 0.2) is 5.78 Å². The predicted molar refractivity (Wildman–Crippen MR) is 56.3 cm³/mol. The maximum Gasteiger partial charge on any atom is 0.155 e. The summed E-state index contributed by atoms with van der Waals surface area (Å²) in [6.07, 6.45) is 2.24. The van der Waals surface area contributed by atoms with E-state index in [0.717, 1.165) is 39.0 Å². The molecule has 1 aliphatic carbocycles. The molecule has 0 aromatic heterocycles. The van der Waals surface area contributed by atoms with Crippen molar-refractivity contribution in [3.63, 3.8) is 0 Å². The van der Waals surface area contributed by atoms with Gasteiger partial charge in [-0.25, -0.2) is 0 Å². The number of hydrogen-bond acceptors (Lipinski definition) is 3. The van der Waals surface area contributed by atoms with E-state index in [1.807, 2.05) is 0 Å². The first-order chi connectivity index (χ1) is 6.62. The number of hydrogen-bond donors (Lipinski definition) is 1. The fourth-order valence-corrected chi connectivity index (χ4v) is 2.22. The van der Waals surface area contributed by atoms with Crippen LogP contribution in [0.15, 0.2) is 0 Å². The predicted octanol–water partition coefficient (Wildman–Crippen LogP) is 0.649. The van der Waals surface area contributed by atoms with Crippen molar-refractivity contribution in [2.75, 3.05) is 26.2 Å². The molecule has 1 aliphatic heterocycles. The number of Topliss-reactive ketones (excluding diaryl/α,β-unsaturated/α-hetero) is 1. The summed E-state index contributed by atoms with van der Waals surface area (Å²) in [5.41, 5.74) is -0.233. The highest BCUT2D eigenvalue weighted by Gasteiger charge is 2.42. The Balaban J connectivity index is 2.00. The maximum absolute atomic E-state index is 12.1. The molecule has 2 rings (SSSR count). The summed E-state index contributed by atoms with van der Waals surface area (Å²) in [7, 11) is 0. The highest BCUT2D eigenvalue weighted by molar-refractivity contribution is 5.91. The molecule has 0 aromatic rings. The van der Waals surface area contributed by atoms with Crippen molar-refractivity contribution >= 4 is 5.78 Å². The van der Waals surface area contributed by atoms with E-state index in [0.29, 0.717) is 11.7 Å². The van der Waals surface area contributed by atoms with E-state index >= 15 is 0 Å². The Morgan fingerprint density at radius 3 is 2.36 bits per heavy atom. The van der Waals surface area contributed by atoms with Crippen LogP contribution in [0.2, 0.25) is 0 Å². The molecule has 0 spiro atoms. The second kappa shape index (κ2) is 3.63. The summed E-state index contributed by atoms with van der Waals surface area (Å²) in [6.45, 7) is 8.21. The summed E-state index contributed by atoms with van der Waals surface area (Å²) in [4.78, 5) is 14.4. The molecule has 3 heteroatoms. The van der Waals surface area contributed by atoms with Gasteiger partial charge in [0, 0.05) is 32.1 Å². The average Bonchev–Trinajstić information content (AvgIpc) is 3.01. The van der Waals surface area contributed by atoms with Gasteiger partial charge >= 0.3 is 0 Å². The van der Waals surface area contributed by atoms with E-state index in [4.69, 9.17) is 0 Å². The molecule has 1 heterocycles. The third-order valence-electron chi connectivity index (χ3n) is 3.46. The minimum atomic E-state index is -0.233. The number of carbonyl (C=O) groups is 1. The quantitative estimate of drug-likeness (QED) is 0.719. The Kier molecular flexibility index (Phi) is 2.62. The molecule has 2 aliphatic rings. The van der Waals surface area contributed by atoms with Crippen molar-refractivity contribution in [3.05, 3.63) is 0 Å². The molecule has 2 fully saturated rings. The minimum Gasteiger partial charge on any atom is -0.314 e. The van der Waals surface area contributed by atoms with E-state index in [9.17, 15) is 4.79 Å². The van der Waals surface area contributed by atoms with Gasteiger partial charge in [-0.05, 0) is 26.7 Å². The number of piperazine rings is 1. The zero-order valence-corrected chi connectivity index (χ0v) is 9.18. The van der Waals surface area contributed by atoms with Crippen LogP contribution in [0.3, 0.4) is 0 Å². The fourth-order valence-electron chi connectivity index (χ4n) is 2.22. The van der Waals surface area contributed by atoms with E-state index in [-0.39, 0.29) is 5.54 Å². The standard InChI is InChI=1S/C11H20N2O/c1-11(2,10(14)9-3-4-9)13-7-5-12-6-8-13/h9,12H,3-8H2,1-2H3. The van der Waals surface area contributed by atoms with E-state index in [2.05, 4.69) is 24.1 Å². The first-order valence-corrected chi connectivity index (χ1v) is 5.62. The largest absolute Gasteiger partial charge is 0.314 e. The Bertz CT molecular complexity index is 227. The zero-order chi connectivity index (χ0) is 10.2. The van der Waals surface area contributed by atoms with Crippen LogP contribution < -0.4 is 5.32 Å². The van der Waals surface area contributed by atoms with Crippen molar-refractivity contribution in [1.29, 1.82) is 0 Å². The molecule has 0 atom stereocenters. The van der Waals surface area contributed by atoms with Crippen molar-refractivity contribution in [1.82, 2.24) is 10.2 Å². The fraction of sp³-hybridized carbons (Fsp3) is 0.909. The highest BCUT2D eigenvalue weighted by atomic mass is 16.1. The summed E-state index contributed by atoms with van der Waals surface area (Å²) < 4.78 is 0. The van der Waals surface area contributed by atoms with Crippen molar-refractivity contribution in [3.8, 4) is 0 Å². The lowest BCUT2D eigenvalue weighted by Crippen LogP contribution is -2.57. The molecular formula is C11H20N2O. The minimum absolute atomic E-state index is 0.233. The number of nitrogens with one attached hydrogen (secondary N) is 1. The Labute approximate surface area is 85.8 Å².